The Morgan fingerprint density at radius 1 is 1.53 bits per heavy atom. The highest BCUT2D eigenvalue weighted by molar-refractivity contribution is 5.77. The first-order valence-corrected chi connectivity index (χ1v) is 5.47. The zero-order valence-electron chi connectivity index (χ0n) is 9.02. The number of carbonyl (C=O) groups excluding carboxylic acids is 1. The van der Waals surface area contributed by atoms with Gasteiger partial charge in [-0.05, 0) is 19.3 Å². The minimum atomic E-state index is -0.0396. The van der Waals surface area contributed by atoms with Gasteiger partial charge in [0.2, 0.25) is 5.91 Å². The highest BCUT2D eigenvalue weighted by Gasteiger charge is 2.27. The summed E-state index contributed by atoms with van der Waals surface area (Å²) in [5.74, 6) is -0.0396. The van der Waals surface area contributed by atoms with E-state index in [1.54, 1.807) is 4.90 Å². The molecule has 1 aliphatic carbocycles. The summed E-state index contributed by atoms with van der Waals surface area (Å²) in [5.41, 5.74) is 5.26. The van der Waals surface area contributed by atoms with Crippen molar-refractivity contribution in [2.75, 3.05) is 32.9 Å². The number of hydrogen-bond acceptors (Lipinski definition) is 4. The number of rotatable bonds is 7. The summed E-state index contributed by atoms with van der Waals surface area (Å²) in [6.07, 6.45) is 3.26. The zero-order chi connectivity index (χ0) is 11.1. The van der Waals surface area contributed by atoms with Gasteiger partial charge in [0.1, 0.15) is 6.61 Å². The summed E-state index contributed by atoms with van der Waals surface area (Å²) in [6, 6.07) is 0.311. The van der Waals surface area contributed by atoms with E-state index in [1.807, 2.05) is 0 Å². The van der Waals surface area contributed by atoms with Crippen molar-refractivity contribution >= 4 is 5.91 Å². The van der Waals surface area contributed by atoms with Gasteiger partial charge in [-0.15, -0.1) is 0 Å². The molecule has 0 aliphatic heterocycles. The van der Waals surface area contributed by atoms with E-state index in [0.717, 1.165) is 12.8 Å². The lowest BCUT2D eigenvalue weighted by atomic mass is 9.91. The minimum Gasteiger partial charge on any atom is -0.395 e. The molecule has 1 amide bonds. The zero-order valence-corrected chi connectivity index (χ0v) is 9.02. The normalized spacial score (nSPS) is 16.1. The number of nitrogens with two attached hydrogens (primary N) is 1. The summed E-state index contributed by atoms with van der Waals surface area (Å²) in [7, 11) is 0. The van der Waals surface area contributed by atoms with Crippen LogP contribution in [0.3, 0.4) is 0 Å². The Kier molecular flexibility index (Phi) is 5.60. The van der Waals surface area contributed by atoms with Crippen LogP contribution in [0.15, 0.2) is 0 Å². The average molecular weight is 216 g/mol. The summed E-state index contributed by atoms with van der Waals surface area (Å²) in [5, 5.41) is 8.87. The van der Waals surface area contributed by atoms with Crippen molar-refractivity contribution in [3.63, 3.8) is 0 Å². The van der Waals surface area contributed by atoms with Crippen LogP contribution >= 0.6 is 0 Å². The first-order chi connectivity index (χ1) is 7.29. The van der Waals surface area contributed by atoms with Crippen LogP contribution in [-0.4, -0.2) is 54.9 Å². The van der Waals surface area contributed by atoms with Crippen molar-refractivity contribution < 1.29 is 14.6 Å². The molecule has 0 aromatic rings. The summed E-state index contributed by atoms with van der Waals surface area (Å²) < 4.78 is 5.09. The molecule has 88 valence electrons. The Morgan fingerprint density at radius 2 is 2.27 bits per heavy atom. The molecule has 0 unspecified atom stereocenters. The second-order valence-corrected chi connectivity index (χ2v) is 3.74. The van der Waals surface area contributed by atoms with Crippen LogP contribution in [0.4, 0.5) is 0 Å². The average Bonchev–Trinajstić information content (AvgIpc) is 2.14. The lowest BCUT2D eigenvalue weighted by Gasteiger charge is -2.37. The van der Waals surface area contributed by atoms with Crippen LogP contribution in [0.25, 0.3) is 0 Å². The van der Waals surface area contributed by atoms with Crippen LogP contribution in [0.2, 0.25) is 0 Å². The van der Waals surface area contributed by atoms with E-state index < -0.39 is 0 Å². The van der Waals surface area contributed by atoms with E-state index in [4.69, 9.17) is 15.6 Å². The third kappa shape index (κ3) is 3.77. The Morgan fingerprint density at radius 3 is 2.73 bits per heavy atom. The number of aliphatic hydroxyl groups is 1. The van der Waals surface area contributed by atoms with E-state index >= 15 is 0 Å². The number of ether oxygens (including phenoxy) is 1. The van der Waals surface area contributed by atoms with Crippen LogP contribution in [0.5, 0.6) is 0 Å². The molecule has 1 aliphatic rings. The van der Waals surface area contributed by atoms with Crippen molar-refractivity contribution in [2.45, 2.75) is 25.3 Å². The smallest absolute Gasteiger partial charge is 0.248 e. The first-order valence-electron chi connectivity index (χ1n) is 5.47. The van der Waals surface area contributed by atoms with Gasteiger partial charge in [-0.25, -0.2) is 0 Å². The lowest BCUT2D eigenvalue weighted by Crippen LogP contribution is -2.47. The molecule has 0 saturated heterocycles. The Labute approximate surface area is 90.2 Å². The number of aliphatic hydroxyl groups excluding tert-OH is 1. The van der Waals surface area contributed by atoms with Crippen molar-refractivity contribution in [1.82, 2.24) is 4.90 Å². The molecule has 5 nitrogen and oxygen atoms in total. The predicted molar refractivity (Wildman–Crippen MR) is 56.3 cm³/mol. The Bertz CT molecular complexity index is 195. The van der Waals surface area contributed by atoms with Gasteiger partial charge in [0.15, 0.2) is 0 Å². The Balaban J connectivity index is 2.29. The molecule has 0 radical (unpaired) electrons. The fourth-order valence-corrected chi connectivity index (χ4v) is 1.64. The summed E-state index contributed by atoms with van der Waals surface area (Å²) >= 11 is 0. The van der Waals surface area contributed by atoms with Gasteiger partial charge in [-0.3, -0.25) is 4.79 Å². The van der Waals surface area contributed by atoms with E-state index in [0.29, 0.717) is 25.7 Å². The monoisotopic (exact) mass is 216 g/mol. The molecule has 1 saturated carbocycles. The molecule has 3 N–H and O–H groups in total. The predicted octanol–water partition coefficient (Wildman–Crippen LogP) is -0.665. The molecule has 0 heterocycles. The molecule has 0 aromatic heterocycles. The molecular weight excluding hydrogens is 196 g/mol. The van der Waals surface area contributed by atoms with Crippen LogP contribution in [0.1, 0.15) is 19.3 Å². The van der Waals surface area contributed by atoms with E-state index in [1.165, 1.54) is 6.42 Å². The van der Waals surface area contributed by atoms with Gasteiger partial charge in [-0.1, -0.05) is 0 Å². The molecule has 1 rings (SSSR count). The maximum Gasteiger partial charge on any atom is 0.248 e. The van der Waals surface area contributed by atoms with Gasteiger partial charge in [-0.2, -0.15) is 0 Å². The maximum absolute atomic E-state index is 11.7. The fraction of sp³-hybridized carbons (Fsp3) is 0.900. The van der Waals surface area contributed by atoms with E-state index in [-0.39, 0.29) is 19.1 Å². The number of nitrogens with zero attached hydrogens (tertiary/aromatic N) is 1. The second kappa shape index (κ2) is 6.76. The van der Waals surface area contributed by atoms with Crippen molar-refractivity contribution in [1.29, 1.82) is 0 Å². The number of amides is 1. The van der Waals surface area contributed by atoms with Gasteiger partial charge in [0, 0.05) is 19.1 Å². The maximum atomic E-state index is 11.7. The van der Waals surface area contributed by atoms with Crippen molar-refractivity contribution in [3.8, 4) is 0 Å². The molecule has 1 fully saturated rings. The second-order valence-electron chi connectivity index (χ2n) is 3.74. The molecule has 0 atom stereocenters. The number of carbonyl (C=O) groups is 1. The third-order valence-corrected chi connectivity index (χ3v) is 2.66. The van der Waals surface area contributed by atoms with Gasteiger partial charge < -0.3 is 20.5 Å². The summed E-state index contributed by atoms with van der Waals surface area (Å²) in [6.45, 7) is 1.34. The third-order valence-electron chi connectivity index (χ3n) is 2.66. The highest BCUT2D eigenvalue weighted by atomic mass is 16.5. The van der Waals surface area contributed by atoms with Gasteiger partial charge in [0.25, 0.3) is 0 Å². The number of hydrogen-bond donors (Lipinski definition) is 2. The van der Waals surface area contributed by atoms with Crippen molar-refractivity contribution in [3.05, 3.63) is 0 Å². The molecule has 0 bridgehead atoms. The molecule has 15 heavy (non-hydrogen) atoms. The molecule has 5 heteroatoms. The quantitative estimate of drug-likeness (QED) is 0.554. The molecular formula is C10H20N2O3. The van der Waals surface area contributed by atoms with Crippen LogP contribution < -0.4 is 5.73 Å². The van der Waals surface area contributed by atoms with Gasteiger partial charge >= 0.3 is 0 Å². The first kappa shape index (κ1) is 12.4. The fourth-order valence-electron chi connectivity index (χ4n) is 1.64. The van der Waals surface area contributed by atoms with Crippen molar-refractivity contribution in [2.24, 2.45) is 5.73 Å². The van der Waals surface area contributed by atoms with Crippen LogP contribution in [-0.2, 0) is 9.53 Å². The van der Waals surface area contributed by atoms with Gasteiger partial charge in [0.05, 0.1) is 13.2 Å². The summed E-state index contributed by atoms with van der Waals surface area (Å²) in [4.78, 5) is 13.4. The largest absolute Gasteiger partial charge is 0.395 e. The van der Waals surface area contributed by atoms with E-state index in [9.17, 15) is 4.79 Å². The van der Waals surface area contributed by atoms with E-state index in [2.05, 4.69) is 0 Å². The molecule has 0 aromatic carbocycles. The minimum absolute atomic E-state index is 0.0130. The molecule has 0 spiro atoms. The standard InChI is InChI=1S/C10H20N2O3/c11-4-7-15-8-10(14)12(5-6-13)9-2-1-3-9/h9,13H,1-8,11H2. The topological polar surface area (TPSA) is 75.8 Å². The van der Waals surface area contributed by atoms with Crippen LogP contribution in [0, 0.1) is 0 Å². The lowest BCUT2D eigenvalue weighted by molar-refractivity contribution is -0.140. The highest BCUT2D eigenvalue weighted by Crippen LogP contribution is 2.24. The SMILES string of the molecule is NCCOCC(=O)N(CCO)C1CCC1. The Hall–Kier alpha value is -0.650.